The van der Waals surface area contributed by atoms with E-state index in [9.17, 15) is 5.11 Å². The zero-order valence-corrected chi connectivity index (χ0v) is 9.70. The lowest BCUT2D eigenvalue weighted by Gasteiger charge is -2.09. The summed E-state index contributed by atoms with van der Waals surface area (Å²) in [5.74, 6) is 0. The fourth-order valence-electron chi connectivity index (χ4n) is 1.68. The van der Waals surface area contributed by atoms with Crippen LogP contribution < -0.4 is 0 Å². The van der Waals surface area contributed by atoms with Crippen molar-refractivity contribution in [3.63, 3.8) is 0 Å². The lowest BCUT2D eigenvalue weighted by atomic mass is 10.0. The molecule has 0 aliphatic rings. The maximum Gasteiger partial charge on any atom is 0.101 e. The summed E-state index contributed by atoms with van der Waals surface area (Å²) in [4.78, 5) is 4.25. The molecule has 0 aromatic carbocycles. The van der Waals surface area contributed by atoms with Gasteiger partial charge in [-0.25, -0.2) is 0 Å². The molecule has 0 saturated carbocycles. The lowest BCUT2D eigenvalue weighted by molar-refractivity contribution is 0.213. The molecule has 0 amide bonds. The molecular weight excluding hydrogens is 200 g/mol. The number of hydrogen-bond donors (Lipinski definition) is 1. The van der Waals surface area contributed by atoms with Gasteiger partial charge >= 0.3 is 0 Å². The normalized spacial score (nSPS) is 11.9. The molecule has 1 aromatic rings. The van der Waals surface area contributed by atoms with Gasteiger partial charge in [0, 0.05) is 5.69 Å². The van der Waals surface area contributed by atoms with Gasteiger partial charge in [-0.1, -0.05) is 6.08 Å². The van der Waals surface area contributed by atoms with Crippen LogP contribution in [0.15, 0.2) is 18.7 Å². The van der Waals surface area contributed by atoms with E-state index < -0.39 is 6.10 Å². The molecule has 0 saturated heterocycles. The van der Waals surface area contributed by atoms with Crippen LogP contribution in [0.1, 0.15) is 28.9 Å². The van der Waals surface area contributed by atoms with Crippen LogP contribution in [0, 0.1) is 25.2 Å². The molecule has 0 bridgehead atoms. The van der Waals surface area contributed by atoms with Gasteiger partial charge in [0.25, 0.3) is 0 Å². The third-order valence-electron chi connectivity index (χ3n) is 2.50. The first kappa shape index (κ1) is 12.4. The first-order valence-corrected chi connectivity index (χ1v) is 5.26. The van der Waals surface area contributed by atoms with Crippen molar-refractivity contribution in [3.8, 4) is 6.07 Å². The Balaban J connectivity index is 2.95. The first-order valence-electron chi connectivity index (χ1n) is 5.26. The second kappa shape index (κ2) is 5.43. The third-order valence-corrected chi connectivity index (χ3v) is 2.50. The van der Waals surface area contributed by atoms with E-state index in [2.05, 4.69) is 17.6 Å². The Morgan fingerprint density at radius 1 is 1.62 bits per heavy atom. The molecule has 0 aliphatic heterocycles. The van der Waals surface area contributed by atoms with Gasteiger partial charge in [-0.05, 0) is 38.3 Å². The van der Waals surface area contributed by atoms with E-state index >= 15 is 0 Å². The molecule has 3 heteroatoms. The summed E-state index contributed by atoms with van der Waals surface area (Å²) in [6.07, 6.45) is 2.24. The number of aromatic nitrogens is 1. The fraction of sp³-hybridized carbons (Fsp3) is 0.385. The molecule has 1 aromatic heterocycles. The second-order valence-electron chi connectivity index (χ2n) is 3.84. The summed E-state index contributed by atoms with van der Waals surface area (Å²) in [5.41, 5.74) is 3.24. The lowest BCUT2D eigenvalue weighted by Crippen LogP contribution is -2.06. The van der Waals surface area contributed by atoms with Crippen LogP contribution in [0.25, 0.3) is 0 Å². The van der Waals surface area contributed by atoms with Crippen molar-refractivity contribution in [1.82, 2.24) is 4.98 Å². The average Bonchev–Trinajstić information content (AvgIpc) is 2.25. The minimum atomic E-state index is -0.514. The van der Waals surface area contributed by atoms with E-state index in [0.717, 1.165) is 17.0 Å². The van der Waals surface area contributed by atoms with Crippen LogP contribution >= 0.6 is 0 Å². The van der Waals surface area contributed by atoms with Crippen LogP contribution in [-0.4, -0.2) is 16.2 Å². The summed E-state index contributed by atoms with van der Waals surface area (Å²) in [6.45, 7) is 7.26. The molecule has 1 rings (SSSR count). The Morgan fingerprint density at radius 3 is 2.88 bits per heavy atom. The molecule has 3 nitrogen and oxygen atoms in total. The quantitative estimate of drug-likeness (QED) is 0.784. The number of nitrogens with zero attached hydrogens (tertiary/aromatic N) is 2. The van der Waals surface area contributed by atoms with Gasteiger partial charge in [-0.3, -0.25) is 4.98 Å². The largest absolute Gasteiger partial charge is 0.389 e. The number of pyridine rings is 1. The molecule has 1 unspecified atom stereocenters. The number of hydrogen-bond acceptors (Lipinski definition) is 3. The minimum Gasteiger partial charge on any atom is -0.389 e. The fourth-order valence-corrected chi connectivity index (χ4v) is 1.68. The summed E-state index contributed by atoms with van der Waals surface area (Å²) in [6, 6.07) is 4.07. The molecule has 16 heavy (non-hydrogen) atoms. The molecule has 0 spiro atoms. The van der Waals surface area contributed by atoms with Crippen molar-refractivity contribution in [3.05, 3.63) is 41.2 Å². The minimum absolute atomic E-state index is 0.514. The molecule has 1 N–H and O–H groups in total. The third kappa shape index (κ3) is 2.91. The summed E-state index contributed by atoms with van der Waals surface area (Å²) in [5, 5.41) is 18.4. The van der Waals surface area contributed by atoms with Crippen molar-refractivity contribution < 1.29 is 5.11 Å². The molecule has 1 atom stereocenters. The number of nitriles is 1. The van der Waals surface area contributed by atoms with E-state index in [1.54, 1.807) is 0 Å². The highest BCUT2D eigenvalue weighted by molar-refractivity contribution is 5.41. The molecule has 1 heterocycles. The summed E-state index contributed by atoms with van der Waals surface area (Å²) >= 11 is 0. The Morgan fingerprint density at radius 2 is 2.31 bits per heavy atom. The zero-order valence-electron chi connectivity index (χ0n) is 9.70. The smallest absolute Gasteiger partial charge is 0.101 e. The van der Waals surface area contributed by atoms with Crippen molar-refractivity contribution in [2.75, 3.05) is 0 Å². The van der Waals surface area contributed by atoms with Crippen LogP contribution in [-0.2, 0) is 6.42 Å². The van der Waals surface area contributed by atoms with E-state index in [1.807, 2.05) is 19.9 Å². The highest BCUT2D eigenvalue weighted by Gasteiger charge is 2.09. The predicted octanol–water partition coefficient (Wildman–Crippen LogP) is 2.05. The van der Waals surface area contributed by atoms with Crippen molar-refractivity contribution in [2.45, 2.75) is 32.8 Å². The molecule has 0 fully saturated rings. The maximum atomic E-state index is 9.40. The van der Waals surface area contributed by atoms with Gasteiger partial charge in [-0.15, -0.1) is 6.58 Å². The topological polar surface area (TPSA) is 56.9 Å². The monoisotopic (exact) mass is 216 g/mol. The van der Waals surface area contributed by atoms with Gasteiger partial charge in [0.2, 0.25) is 0 Å². The molecular formula is C13H16N2O. The first-order chi connectivity index (χ1) is 7.58. The van der Waals surface area contributed by atoms with E-state index in [0.29, 0.717) is 18.4 Å². The molecule has 0 aliphatic carbocycles. The van der Waals surface area contributed by atoms with Gasteiger partial charge in [-0.2, -0.15) is 5.26 Å². The Kier molecular flexibility index (Phi) is 4.21. The summed E-state index contributed by atoms with van der Waals surface area (Å²) < 4.78 is 0. The van der Waals surface area contributed by atoms with E-state index in [1.165, 1.54) is 6.08 Å². The van der Waals surface area contributed by atoms with Crippen molar-refractivity contribution >= 4 is 0 Å². The van der Waals surface area contributed by atoms with E-state index in [4.69, 9.17) is 5.26 Å². The van der Waals surface area contributed by atoms with Crippen molar-refractivity contribution in [2.24, 2.45) is 0 Å². The number of aliphatic hydroxyl groups is 1. The highest BCUT2D eigenvalue weighted by atomic mass is 16.3. The van der Waals surface area contributed by atoms with Gasteiger partial charge in [0.15, 0.2) is 0 Å². The van der Waals surface area contributed by atoms with Crippen LogP contribution in [0.2, 0.25) is 0 Å². The number of aryl methyl sites for hydroxylation is 3. The predicted molar refractivity (Wildman–Crippen MR) is 63.0 cm³/mol. The SMILES string of the molecule is C=CC(O)CCc1cc(C)nc(C)c1C#N. The zero-order chi connectivity index (χ0) is 12.1. The van der Waals surface area contributed by atoms with Crippen LogP contribution in [0.3, 0.4) is 0 Å². The van der Waals surface area contributed by atoms with Gasteiger partial charge < -0.3 is 5.11 Å². The Bertz CT molecular complexity index is 432. The molecule has 0 radical (unpaired) electrons. The second-order valence-corrected chi connectivity index (χ2v) is 3.84. The standard InChI is InChI=1S/C13H16N2O/c1-4-12(16)6-5-11-7-9(2)15-10(3)13(11)8-14/h4,7,12,16H,1,5-6H2,2-3H3. The maximum absolute atomic E-state index is 9.40. The highest BCUT2D eigenvalue weighted by Crippen LogP contribution is 2.15. The van der Waals surface area contributed by atoms with Crippen molar-refractivity contribution in [1.29, 1.82) is 5.26 Å². The van der Waals surface area contributed by atoms with Crippen LogP contribution in [0.5, 0.6) is 0 Å². The van der Waals surface area contributed by atoms with Gasteiger partial charge in [0.05, 0.1) is 17.4 Å². The van der Waals surface area contributed by atoms with Crippen LogP contribution in [0.4, 0.5) is 0 Å². The Hall–Kier alpha value is -1.66. The molecule has 84 valence electrons. The number of rotatable bonds is 4. The Labute approximate surface area is 96.1 Å². The average molecular weight is 216 g/mol. The number of aliphatic hydroxyl groups excluding tert-OH is 1. The summed E-state index contributed by atoms with van der Waals surface area (Å²) in [7, 11) is 0. The van der Waals surface area contributed by atoms with E-state index in [-0.39, 0.29) is 0 Å². The van der Waals surface area contributed by atoms with Gasteiger partial charge in [0.1, 0.15) is 6.07 Å².